The minimum absolute atomic E-state index is 0.198. The van der Waals surface area contributed by atoms with Gasteiger partial charge in [-0.1, -0.05) is 78.4 Å². The van der Waals surface area contributed by atoms with Gasteiger partial charge in [-0.15, -0.1) is 0 Å². The van der Waals surface area contributed by atoms with Gasteiger partial charge in [-0.25, -0.2) is 0 Å². The number of benzene rings is 2. The monoisotopic (exact) mass is 590 g/mol. The molecule has 0 saturated carbocycles. The average molecular weight is 591 g/mol. The molecular formula is C33H35ClN2O6. The van der Waals surface area contributed by atoms with Gasteiger partial charge in [0.25, 0.3) is 5.91 Å². The summed E-state index contributed by atoms with van der Waals surface area (Å²) >= 11 is 6.65. The number of esters is 1. The van der Waals surface area contributed by atoms with E-state index in [0.717, 1.165) is 11.1 Å². The summed E-state index contributed by atoms with van der Waals surface area (Å²) in [6.45, 7) is 3.72. The summed E-state index contributed by atoms with van der Waals surface area (Å²) in [6.07, 6.45) is 9.08. The quantitative estimate of drug-likeness (QED) is 0.417. The molecule has 2 aromatic carbocycles. The number of cyclic esters (lactones) is 1. The number of rotatable bonds is 5. The Kier molecular flexibility index (Phi) is 7.50. The number of ether oxygens (including phenoxy) is 2. The molecule has 1 N–H and O–H groups in total. The van der Waals surface area contributed by atoms with E-state index in [1.807, 2.05) is 67.6 Å². The van der Waals surface area contributed by atoms with Crippen molar-refractivity contribution in [3.8, 4) is 0 Å². The number of halogens is 1. The molecule has 6 rings (SSSR count). The normalized spacial score (nSPS) is 32.2. The molecule has 9 heteroatoms. The summed E-state index contributed by atoms with van der Waals surface area (Å²) in [5.41, 5.74) is -0.387. The molecule has 6 atom stereocenters. The second kappa shape index (κ2) is 11.0. The number of hydrogen-bond acceptors (Lipinski definition) is 6. The van der Waals surface area contributed by atoms with Crippen LogP contribution in [0.15, 0.2) is 72.8 Å². The van der Waals surface area contributed by atoms with Crippen LogP contribution in [-0.4, -0.2) is 70.8 Å². The highest BCUT2D eigenvalue weighted by Gasteiger charge is 2.75. The zero-order valence-corrected chi connectivity index (χ0v) is 24.5. The Morgan fingerprint density at radius 2 is 1.81 bits per heavy atom. The number of anilines is 1. The molecule has 4 aliphatic rings. The summed E-state index contributed by atoms with van der Waals surface area (Å²) in [4.78, 5) is 46.2. The number of carbonyl (C=O) groups excluding carboxylic acids is 3. The second-order valence-corrected chi connectivity index (χ2v) is 12.1. The fourth-order valence-corrected chi connectivity index (χ4v) is 7.59. The molecule has 0 radical (unpaired) electrons. The number of fused-ring (bicyclic) bond motifs is 2. The Morgan fingerprint density at radius 1 is 1.02 bits per heavy atom. The van der Waals surface area contributed by atoms with E-state index in [0.29, 0.717) is 30.0 Å². The van der Waals surface area contributed by atoms with Crippen LogP contribution in [0.25, 0.3) is 0 Å². The molecule has 1 unspecified atom stereocenters. The van der Waals surface area contributed by atoms with Gasteiger partial charge in [-0.3, -0.25) is 14.4 Å². The van der Waals surface area contributed by atoms with E-state index in [2.05, 4.69) is 0 Å². The number of aliphatic hydroxyl groups is 1. The van der Waals surface area contributed by atoms with Crippen LogP contribution < -0.4 is 4.90 Å². The highest BCUT2D eigenvalue weighted by Crippen LogP contribution is 2.58. The van der Waals surface area contributed by atoms with Gasteiger partial charge in [-0.2, -0.15) is 0 Å². The van der Waals surface area contributed by atoms with Crippen LogP contribution in [-0.2, 0) is 30.3 Å². The molecule has 4 heterocycles. The molecule has 1 spiro atoms. The maximum atomic E-state index is 14.8. The molecule has 2 aromatic rings. The average Bonchev–Trinajstić information content (AvgIpc) is 3.32. The Labute approximate surface area is 250 Å². The molecule has 8 nitrogen and oxygen atoms in total. The first-order chi connectivity index (χ1) is 20.2. The molecule has 0 aromatic heterocycles. The molecular weight excluding hydrogens is 556 g/mol. The van der Waals surface area contributed by atoms with Gasteiger partial charge < -0.3 is 24.4 Å². The number of para-hydroxylation sites is 1. The second-order valence-electron chi connectivity index (χ2n) is 11.7. The van der Waals surface area contributed by atoms with Crippen molar-refractivity contribution in [1.29, 1.82) is 0 Å². The van der Waals surface area contributed by atoms with Gasteiger partial charge in [0.1, 0.15) is 17.6 Å². The fraction of sp³-hybridized carbons (Fsp3) is 0.424. The minimum Gasteiger partial charge on any atom is -0.465 e. The Bertz CT molecular complexity index is 1440. The lowest BCUT2D eigenvalue weighted by Crippen LogP contribution is -2.59. The summed E-state index contributed by atoms with van der Waals surface area (Å²) in [7, 11) is 0. The number of aliphatic hydroxyl groups excluding tert-OH is 1. The topological polar surface area (TPSA) is 96.4 Å². The molecule has 0 aliphatic carbocycles. The highest BCUT2D eigenvalue weighted by atomic mass is 35.5. The van der Waals surface area contributed by atoms with Crippen molar-refractivity contribution in [3.05, 3.63) is 89.0 Å². The maximum absolute atomic E-state index is 14.8. The molecule has 0 bridgehead atoms. The number of allylic oxidation sites excluding steroid dienone is 1. The minimum atomic E-state index is -1.47. The highest BCUT2D eigenvalue weighted by molar-refractivity contribution is 6.34. The van der Waals surface area contributed by atoms with Crippen LogP contribution in [0, 0.1) is 18.8 Å². The zero-order chi connectivity index (χ0) is 29.6. The third-order valence-corrected chi connectivity index (χ3v) is 9.37. The first-order valence-corrected chi connectivity index (χ1v) is 14.9. The van der Waals surface area contributed by atoms with Crippen LogP contribution in [0.4, 0.5) is 5.69 Å². The number of nitrogens with zero attached hydrogens (tertiary/aromatic N) is 2. The van der Waals surface area contributed by atoms with E-state index < -0.39 is 47.0 Å². The van der Waals surface area contributed by atoms with Crippen LogP contribution >= 0.6 is 11.6 Å². The van der Waals surface area contributed by atoms with E-state index in [1.165, 1.54) is 4.90 Å². The van der Waals surface area contributed by atoms with Crippen LogP contribution in [0.5, 0.6) is 0 Å². The van der Waals surface area contributed by atoms with Crippen molar-refractivity contribution in [2.45, 2.75) is 56.4 Å². The summed E-state index contributed by atoms with van der Waals surface area (Å²) in [5.74, 6) is -3.32. The predicted octanol–water partition coefficient (Wildman–Crippen LogP) is 4.02. The van der Waals surface area contributed by atoms with Gasteiger partial charge in [-0.05, 0) is 50.3 Å². The SMILES string of the molecule is Cc1cccc(Cl)c1N1CC=C[C@]23O[C@@]4(C)/C=C\CCCOC(=O)[C@H]4[C@H]2C(=O)N([C@@H](CO)Cc2ccccc2)C3C1=O. The number of carbonyl (C=O) groups is 3. The third-order valence-electron chi connectivity index (χ3n) is 9.06. The third kappa shape index (κ3) is 4.48. The van der Waals surface area contributed by atoms with Gasteiger partial charge >= 0.3 is 5.97 Å². The molecule has 220 valence electrons. The standard InChI is InChI=1S/C33H35ClN2O6/c1-21-11-9-14-24(34)27(21)35-17-10-16-33-25(26-31(40)41-18-8-4-7-15-32(26,2)42-33)29(38)36(28(33)30(35)39)23(20-37)19-22-12-5-3-6-13-22/h3,5-7,9-16,23,25-26,28,37H,4,8,17-20H2,1-2H3/b15-7-/t23-,25+,26-,28?,32+,33+/m1/s1. The molecule has 4 aliphatic heterocycles. The van der Waals surface area contributed by atoms with Crippen molar-refractivity contribution < 1.29 is 29.0 Å². The molecule has 2 fully saturated rings. The van der Waals surface area contributed by atoms with E-state index in [4.69, 9.17) is 21.1 Å². The van der Waals surface area contributed by atoms with Gasteiger partial charge in [0, 0.05) is 6.54 Å². The van der Waals surface area contributed by atoms with E-state index in [1.54, 1.807) is 24.0 Å². The fourth-order valence-electron chi connectivity index (χ4n) is 7.27. The lowest BCUT2D eigenvalue weighted by Gasteiger charge is -2.40. The molecule has 2 saturated heterocycles. The largest absolute Gasteiger partial charge is 0.465 e. The Balaban J connectivity index is 1.52. The van der Waals surface area contributed by atoms with Gasteiger partial charge in [0.05, 0.1) is 41.5 Å². The van der Waals surface area contributed by atoms with Gasteiger partial charge in [0.2, 0.25) is 5.91 Å². The molecule has 2 amide bonds. The lowest BCUT2D eigenvalue weighted by atomic mass is 9.74. The number of likely N-dealkylation sites (tertiary alicyclic amines) is 1. The Hall–Kier alpha value is -3.46. The zero-order valence-electron chi connectivity index (χ0n) is 23.7. The van der Waals surface area contributed by atoms with Gasteiger partial charge in [0.15, 0.2) is 0 Å². The van der Waals surface area contributed by atoms with E-state index in [9.17, 15) is 19.5 Å². The van der Waals surface area contributed by atoms with Crippen molar-refractivity contribution in [3.63, 3.8) is 0 Å². The smallest absolute Gasteiger partial charge is 0.313 e. The first-order valence-electron chi connectivity index (χ1n) is 14.5. The summed E-state index contributed by atoms with van der Waals surface area (Å²) < 4.78 is 12.5. The first kappa shape index (κ1) is 28.6. The van der Waals surface area contributed by atoms with E-state index in [-0.39, 0.29) is 25.7 Å². The van der Waals surface area contributed by atoms with Crippen LogP contribution in [0.1, 0.15) is 30.9 Å². The summed E-state index contributed by atoms with van der Waals surface area (Å²) in [6, 6.07) is 13.0. The molecule has 42 heavy (non-hydrogen) atoms. The van der Waals surface area contributed by atoms with E-state index >= 15 is 0 Å². The van der Waals surface area contributed by atoms with Crippen molar-refractivity contribution in [2.24, 2.45) is 11.8 Å². The Morgan fingerprint density at radius 3 is 2.55 bits per heavy atom. The van der Waals surface area contributed by atoms with Crippen LogP contribution in [0.3, 0.4) is 0 Å². The summed E-state index contributed by atoms with van der Waals surface area (Å²) in [5, 5.41) is 11.1. The maximum Gasteiger partial charge on any atom is 0.313 e. The number of amides is 2. The number of aryl methyl sites for hydroxylation is 1. The van der Waals surface area contributed by atoms with Crippen LogP contribution in [0.2, 0.25) is 5.02 Å². The van der Waals surface area contributed by atoms with Crippen molar-refractivity contribution in [2.75, 3.05) is 24.7 Å². The number of hydrogen-bond donors (Lipinski definition) is 1. The van der Waals surface area contributed by atoms with Crippen molar-refractivity contribution >= 4 is 35.1 Å². The lowest BCUT2D eigenvalue weighted by molar-refractivity contribution is -0.159. The van der Waals surface area contributed by atoms with Crippen molar-refractivity contribution in [1.82, 2.24) is 4.90 Å². The predicted molar refractivity (Wildman–Crippen MR) is 158 cm³/mol.